The highest BCUT2D eigenvalue weighted by atomic mass is 35.5. The van der Waals surface area contributed by atoms with Gasteiger partial charge in [-0.1, -0.05) is 6.07 Å². The standard InChI is InChI=1S/C8H8ClN3O/c9-7(13)5-2-1-3-6(4-5)12-8(10)11/h1-4H,(H4,10,11,12). The maximum atomic E-state index is 10.7. The van der Waals surface area contributed by atoms with Crippen LogP contribution in [0.15, 0.2) is 29.3 Å². The fourth-order valence-corrected chi connectivity index (χ4v) is 0.964. The number of rotatable bonds is 2. The molecule has 1 aromatic rings. The first kappa shape index (κ1) is 9.54. The smallest absolute Gasteiger partial charge is 0.252 e. The lowest BCUT2D eigenvalue weighted by atomic mass is 10.2. The summed E-state index contributed by atoms with van der Waals surface area (Å²) in [5, 5.41) is -0.535. The third-order valence-corrected chi connectivity index (χ3v) is 1.55. The Morgan fingerprint density at radius 2 is 2.08 bits per heavy atom. The second-order valence-corrected chi connectivity index (χ2v) is 2.70. The van der Waals surface area contributed by atoms with Crippen LogP contribution in [-0.4, -0.2) is 11.2 Å². The molecule has 0 radical (unpaired) electrons. The van der Waals surface area contributed by atoms with Gasteiger partial charge in [-0.3, -0.25) is 4.79 Å². The summed E-state index contributed by atoms with van der Waals surface area (Å²) in [6.07, 6.45) is 0. The summed E-state index contributed by atoms with van der Waals surface area (Å²) in [5.41, 5.74) is 11.2. The molecule has 0 aliphatic carbocycles. The molecule has 1 aromatic carbocycles. The number of halogens is 1. The minimum Gasteiger partial charge on any atom is -0.370 e. The van der Waals surface area contributed by atoms with Crippen LogP contribution in [0.3, 0.4) is 0 Å². The van der Waals surface area contributed by atoms with Crippen LogP contribution in [-0.2, 0) is 0 Å². The first-order valence-corrected chi connectivity index (χ1v) is 3.87. The van der Waals surface area contributed by atoms with Crippen LogP contribution in [0, 0.1) is 0 Å². The van der Waals surface area contributed by atoms with Crippen LogP contribution in [0.5, 0.6) is 0 Å². The van der Waals surface area contributed by atoms with Crippen LogP contribution in [0.1, 0.15) is 10.4 Å². The lowest BCUT2D eigenvalue weighted by molar-refractivity contribution is 0.108. The maximum absolute atomic E-state index is 10.7. The molecule has 0 bridgehead atoms. The second kappa shape index (κ2) is 3.91. The fraction of sp³-hybridized carbons (Fsp3) is 0. The minimum atomic E-state index is -0.535. The van der Waals surface area contributed by atoms with Crippen molar-refractivity contribution < 1.29 is 4.79 Å². The van der Waals surface area contributed by atoms with Gasteiger partial charge < -0.3 is 11.5 Å². The lowest BCUT2D eigenvalue weighted by Crippen LogP contribution is -2.21. The predicted octanol–water partition coefficient (Wildman–Crippen LogP) is 0.970. The molecule has 0 aromatic heterocycles. The molecular weight excluding hydrogens is 190 g/mol. The number of carbonyl (C=O) groups excluding carboxylic acids is 1. The Morgan fingerprint density at radius 1 is 1.38 bits per heavy atom. The molecule has 0 aliphatic rings. The third-order valence-electron chi connectivity index (χ3n) is 1.33. The number of nitrogens with zero attached hydrogens (tertiary/aromatic N) is 1. The topological polar surface area (TPSA) is 81.5 Å². The molecule has 0 spiro atoms. The van der Waals surface area contributed by atoms with E-state index in [0.717, 1.165) is 0 Å². The summed E-state index contributed by atoms with van der Waals surface area (Å²) in [6.45, 7) is 0. The Morgan fingerprint density at radius 3 is 2.62 bits per heavy atom. The van der Waals surface area contributed by atoms with Crippen molar-refractivity contribution in [1.82, 2.24) is 0 Å². The van der Waals surface area contributed by atoms with E-state index < -0.39 is 5.24 Å². The van der Waals surface area contributed by atoms with Crippen molar-refractivity contribution in [2.45, 2.75) is 0 Å². The molecule has 5 heteroatoms. The number of guanidine groups is 1. The summed E-state index contributed by atoms with van der Waals surface area (Å²) in [5.74, 6) is -0.0563. The van der Waals surface area contributed by atoms with Crippen molar-refractivity contribution in [3.63, 3.8) is 0 Å². The van der Waals surface area contributed by atoms with Crippen LogP contribution in [0.25, 0.3) is 0 Å². The van der Waals surface area contributed by atoms with Crippen molar-refractivity contribution in [3.8, 4) is 0 Å². The van der Waals surface area contributed by atoms with Gasteiger partial charge in [0.05, 0.1) is 5.69 Å². The molecule has 0 heterocycles. The number of benzene rings is 1. The molecule has 0 saturated heterocycles. The number of aliphatic imine (C=N–C) groups is 1. The molecular formula is C8H8ClN3O. The van der Waals surface area contributed by atoms with Gasteiger partial charge in [-0.15, -0.1) is 0 Å². The monoisotopic (exact) mass is 197 g/mol. The van der Waals surface area contributed by atoms with Gasteiger partial charge >= 0.3 is 0 Å². The summed E-state index contributed by atoms with van der Waals surface area (Å²) in [6, 6.07) is 6.41. The van der Waals surface area contributed by atoms with Crippen LogP contribution >= 0.6 is 11.6 Å². The second-order valence-electron chi connectivity index (χ2n) is 2.36. The molecule has 13 heavy (non-hydrogen) atoms. The van der Waals surface area contributed by atoms with Crippen molar-refractivity contribution in [2.75, 3.05) is 0 Å². The molecule has 0 saturated carbocycles. The lowest BCUT2D eigenvalue weighted by Gasteiger charge is -1.96. The Labute approximate surface area is 80.2 Å². The molecule has 1 rings (SSSR count). The van der Waals surface area contributed by atoms with Gasteiger partial charge in [0, 0.05) is 5.56 Å². The van der Waals surface area contributed by atoms with Crippen LogP contribution in [0.2, 0.25) is 0 Å². The van der Waals surface area contributed by atoms with E-state index in [-0.39, 0.29) is 5.96 Å². The first-order chi connectivity index (χ1) is 6.09. The van der Waals surface area contributed by atoms with Crippen molar-refractivity contribution in [1.29, 1.82) is 0 Å². The number of hydrogen-bond acceptors (Lipinski definition) is 2. The zero-order chi connectivity index (χ0) is 9.84. The van der Waals surface area contributed by atoms with Gasteiger partial charge in [-0.05, 0) is 29.8 Å². The molecule has 0 aliphatic heterocycles. The first-order valence-electron chi connectivity index (χ1n) is 3.49. The average molecular weight is 198 g/mol. The predicted molar refractivity (Wildman–Crippen MR) is 52.1 cm³/mol. The van der Waals surface area contributed by atoms with E-state index >= 15 is 0 Å². The van der Waals surface area contributed by atoms with E-state index in [1.807, 2.05) is 0 Å². The normalized spacial score (nSPS) is 9.31. The average Bonchev–Trinajstić information content (AvgIpc) is 2.03. The highest BCUT2D eigenvalue weighted by Crippen LogP contribution is 2.14. The van der Waals surface area contributed by atoms with Gasteiger partial charge in [-0.2, -0.15) is 0 Å². The van der Waals surface area contributed by atoms with E-state index in [0.29, 0.717) is 11.3 Å². The van der Waals surface area contributed by atoms with Gasteiger partial charge in [0.1, 0.15) is 0 Å². The highest BCUT2D eigenvalue weighted by Gasteiger charge is 2.01. The van der Waals surface area contributed by atoms with E-state index in [1.165, 1.54) is 6.07 Å². The molecule has 4 nitrogen and oxygen atoms in total. The van der Waals surface area contributed by atoms with E-state index in [4.69, 9.17) is 23.1 Å². The van der Waals surface area contributed by atoms with Crippen molar-refractivity contribution in [2.24, 2.45) is 16.5 Å². The SMILES string of the molecule is NC(N)=Nc1cccc(C(=O)Cl)c1. The molecule has 0 atom stereocenters. The van der Waals surface area contributed by atoms with Crippen molar-refractivity contribution >= 4 is 28.5 Å². The Kier molecular flexibility index (Phi) is 2.87. The minimum absolute atomic E-state index is 0.0563. The number of carbonyl (C=O) groups is 1. The Bertz CT molecular complexity index is 358. The fourth-order valence-electron chi connectivity index (χ4n) is 0.847. The molecule has 0 amide bonds. The van der Waals surface area contributed by atoms with Crippen molar-refractivity contribution in [3.05, 3.63) is 29.8 Å². The largest absolute Gasteiger partial charge is 0.370 e. The zero-order valence-electron chi connectivity index (χ0n) is 6.70. The van der Waals surface area contributed by atoms with Crippen LogP contribution < -0.4 is 11.5 Å². The molecule has 0 unspecified atom stereocenters. The molecule has 68 valence electrons. The summed E-state index contributed by atoms with van der Waals surface area (Å²) < 4.78 is 0. The Hall–Kier alpha value is -1.55. The van der Waals surface area contributed by atoms with Gasteiger partial charge in [0.2, 0.25) is 0 Å². The highest BCUT2D eigenvalue weighted by molar-refractivity contribution is 6.67. The third kappa shape index (κ3) is 2.76. The maximum Gasteiger partial charge on any atom is 0.252 e. The summed E-state index contributed by atoms with van der Waals surface area (Å²) in [4.78, 5) is 14.5. The quantitative estimate of drug-likeness (QED) is 0.421. The van der Waals surface area contributed by atoms with E-state index in [2.05, 4.69) is 4.99 Å². The van der Waals surface area contributed by atoms with Gasteiger partial charge in [-0.25, -0.2) is 4.99 Å². The zero-order valence-corrected chi connectivity index (χ0v) is 7.45. The summed E-state index contributed by atoms with van der Waals surface area (Å²) >= 11 is 5.26. The van der Waals surface area contributed by atoms with E-state index in [1.54, 1.807) is 18.2 Å². The van der Waals surface area contributed by atoms with E-state index in [9.17, 15) is 4.79 Å². The van der Waals surface area contributed by atoms with Crippen LogP contribution in [0.4, 0.5) is 5.69 Å². The molecule has 0 fully saturated rings. The number of hydrogen-bond donors (Lipinski definition) is 2. The summed E-state index contributed by atoms with van der Waals surface area (Å²) in [7, 11) is 0. The Balaban J connectivity index is 3.06. The molecule has 4 N–H and O–H groups in total. The van der Waals surface area contributed by atoms with Gasteiger partial charge in [0.25, 0.3) is 5.24 Å². The number of nitrogens with two attached hydrogens (primary N) is 2. The van der Waals surface area contributed by atoms with Gasteiger partial charge in [0.15, 0.2) is 5.96 Å².